The summed E-state index contributed by atoms with van der Waals surface area (Å²) in [6.07, 6.45) is 0.656. The third kappa shape index (κ3) is 4.87. The Morgan fingerprint density at radius 1 is 1.12 bits per heavy atom. The van der Waals surface area contributed by atoms with Gasteiger partial charge >= 0.3 is 5.97 Å². The number of rotatable bonds is 6. The summed E-state index contributed by atoms with van der Waals surface area (Å²) in [6, 6.07) is 13.0. The van der Waals surface area contributed by atoms with Crippen LogP contribution in [-0.2, 0) is 22.6 Å². The Kier molecular flexibility index (Phi) is 5.40. The average molecular weight is 361 g/mol. The zero-order chi connectivity index (χ0) is 17.6. The van der Waals surface area contributed by atoms with Gasteiger partial charge in [-0.3, -0.25) is 4.79 Å². The van der Waals surface area contributed by atoms with Gasteiger partial charge in [-0.15, -0.1) is 0 Å². The van der Waals surface area contributed by atoms with Crippen molar-refractivity contribution in [2.75, 3.05) is 0 Å². The first-order chi connectivity index (χ1) is 12.1. The van der Waals surface area contributed by atoms with Crippen molar-refractivity contribution in [2.24, 2.45) is 0 Å². The lowest BCUT2D eigenvalue weighted by Crippen LogP contribution is -2.06. The molecule has 0 unspecified atom stereocenters. The molecule has 128 valence electrons. The maximum Gasteiger partial charge on any atom is 0.306 e. The summed E-state index contributed by atoms with van der Waals surface area (Å²) >= 11 is 5.83. The minimum absolute atomic E-state index is 0.0944. The van der Waals surface area contributed by atoms with Crippen LogP contribution in [0.3, 0.4) is 0 Å². The molecule has 0 spiro atoms. The molecule has 0 amide bonds. The highest BCUT2D eigenvalue weighted by molar-refractivity contribution is 6.30. The third-order valence-corrected chi connectivity index (χ3v) is 3.71. The molecule has 5 nitrogen and oxygen atoms in total. The van der Waals surface area contributed by atoms with Gasteiger partial charge in [-0.1, -0.05) is 28.9 Å². The Balaban J connectivity index is 1.49. The second-order valence-electron chi connectivity index (χ2n) is 5.31. The number of ether oxygens (including phenoxy) is 1. The number of aromatic nitrogens is 2. The van der Waals surface area contributed by atoms with E-state index in [1.165, 1.54) is 12.1 Å². The van der Waals surface area contributed by atoms with Crippen LogP contribution in [-0.4, -0.2) is 16.1 Å². The Morgan fingerprint density at radius 3 is 2.56 bits per heavy atom. The van der Waals surface area contributed by atoms with Crippen LogP contribution in [0.4, 0.5) is 4.39 Å². The lowest BCUT2D eigenvalue weighted by molar-refractivity contribution is -0.145. The Hall–Kier alpha value is -2.73. The van der Waals surface area contributed by atoms with Crippen LogP contribution in [0, 0.1) is 5.82 Å². The predicted octanol–water partition coefficient (Wildman–Crippen LogP) is 4.21. The molecule has 7 heteroatoms. The van der Waals surface area contributed by atoms with Crippen LogP contribution in [0.2, 0.25) is 5.02 Å². The normalized spacial score (nSPS) is 10.6. The van der Waals surface area contributed by atoms with E-state index in [0.717, 1.165) is 11.1 Å². The lowest BCUT2D eigenvalue weighted by Gasteiger charge is -2.02. The quantitative estimate of drug-likeness (QED) is 0.616. The summed E-state index contributed by atoms with van der Waals surface area (Å²) in [5.41, 5.74) is 1.61. The van der Waals surface area contributed by atoms with Crippen molar-refractivity contribution in [1.29, 1.82) is 0 Å². The molecule has 0 aliphatic rings. The molecule has 0 N–H and O–H groups in total. The van der Waals surface area contributed by atoms with Gasteiger partial charge in [-0.2, -0.15) is 4.98 Å². The molecule has 0 fully saturated rings. The van der Waals surface area contributed by atoms with Crippen LogP contribution in [0.25, 0.3) is 11.4 Å². The third-order valence-electron chi connectivity index (χ3n) is 3.46. The number of benzene rings is 2. The van der Waals surface area contributed by atoms with Gasteiger partial charge in [0.1, 0.15) is 5.82 Å². The first-order valence-corrected chi connectivity index (χ1v) is 7.96. The number of aryl methyl sites for hydroxylation is 1. The van der Waals surface area contributed by atoms with Gasteiger partial charge in [0.25, 0.3) is 5.89 Å². The van der Waals surface area contributed by atoms with Crippen molar-refractivity contribution < 1.29 is 18.4 Å². The van der Waals surface area contributed by atoms with Crippen LogP contribution >= 0.6 is 11.6 Å². The molecule has 0 atom stereocenters. The van der Waals surface area contributed by atoms with Gasteiger partial charge < -0.3 is 9.26 Å². The summed E-state index contributed by atoms with van der Waals surface area (Å²) in [6.45, 7) is -0.0944. The Labute approximate surface area is 148 Å². The van der Waals surface area contributed by atoms with Crippen LogP contribution in [0.15, 0.2) is 53.1 Å². The zero-order valence-electron chi connectivity index (χ0n) is 13.1. The average Bonchev–Trinajstić information content (AvgIpc) is 3.09. The molecule has 2 aromatic carbocycles. The molecule has 3 aromatic rings. The first-order valence-electron chi connectivity index (χ1n) is 7.59. The molecule has 3 rings (SSSR count). The SMILES string of the molecule is O=C(CCc1ccc(F)cc1)OCc1nc(-c2ccc(Cl)cc2)no1. The lowest BCUT2D eigenvalue weighted by atomic mass is 10.1. The van der Waals surface area contributed by atoms with Crippen molar-refractivity contribution in [3.05, 3.63) is 70.8 Å². The fraction of sp³-hybridized carbons (Fsp3) is 0.167. The number of esters is 1. The second kappa shape index (κ2) is 7.90. The molecule has 25 heavy (non-hydrogen) atoms. The molecule has 1 aromatic heterocycles. The van der Waals surface area contributed by atoms with E-state index in [9.17, 15) is 9.18 Å². The summed E-state index contributed by atoms with van der Waals surface area (Å²) < 4.78 is 23.0. The highest BCUT2D eigenvalue weighted by Crippen LogP contribution is 2.19. The Bertz CT molecular complexity index is 848. The van der Waals surface area contributed by atoms with Gasteiger partial charge in [-0.25, -0.2) is 4.39 Å². The van der Waals surface area contributed by atoms with Crippen molar-refractivity contribution in [3.8, 4) is 11.4 Å². The highest BCUT2D eigenvalue weighted by atomic mass is 35.5. The van der Waals surface area contributed by atoms with Gasteiger partial charge in [0.2, 0.25) is 5.82 Å². The zero-order valence-corrected chi connectivity index (χ0v) is 13.9. The predicted molar refractivity (Wildman–Crippen MR) is 89.3 cm³/mol. The van der Waals surface area contributed by atoms with Gasteiger partial charge in [-0.05, 0) is 48.4 Å². The smallest absolute Gasteiger partial charge is 0.306 e. The maximum absolute atomic E-state index is 12.8. The molecular weight excluding hydrogens is 347 g/mol. The van der Waals surface area contributed by atoms with E-state index in [4.69, 9.17) is 20.9 Å². The van der Waals surface area contributed by atoms with Gasteiger partial charge in [0.15, 0.2) is 6.61 Å². The molecule has 1 heterocycles. The number of nitrogens with zero attached hydrogens (tertiary/aromatic N) is 2. The molecule has 0 aliphatic carbocycles. The monoisotopic (exact) mass is 360 g/mol. The van der Waals surface area contributed by atoms with Crippen molar-refractivity contribution in [1.82, 2.24) is 10.1 Å². The number of carbonyl (C=O) groups is 1. The summed E-state index contributed by atoms with van der Waals surface area (Å²) in [5, 5.41) is 4.45. The van der Waals surface area contributed by atoms with Crippen LogP contribution in [0.1, 0.15) is 17.9 Å². The van der Waals surface area contributed by atoms with Gasteiger partial charge in [0.05, 0.1) is 0 Å². The summed E-state index contributed by atoms with van der Waals surface area (Å²) in [7, 11) is 0. The van der Waals surface area contributed by atoms with E-state index in [-0.39, 0.29) is 24.7 Å². The van der Waals surface area contributed by atoms with Crippen molar-refractivity contribution in [2.45, 2.75) is 19.4 Å². The molecule has 0 saturated carbocycles. The Morgan fingerprint density at radius 2 is 1.84 bits per heavy atom. The molecule has 0 bridgehead atoms. The number of hydrogen-bond donors (Lipinski definition) is 0. The summed E-state index contributed by atoms with van der Waals surface area (Å²) in [5.74, 6) is -0.0936. The first kappa shape index (κ1) is 17.1. The second-order valence-corrected chi connectivity index (χ2v) is 5.74. The van der Waals surface area contributed by atoms with Crippen LogP contribution < -0.4 is 0 Å². The molecular formula is C18H14ClFN2O3. The van der Waals surface area contributed by atoms with Crippen LogP contribution in [0.5, 0.6) is 0 Å². The number of halogens is 2. The van der Waals surface area contributed by atoms with E-state index in [2.05, 4.69) is 10.1 Å². The van der Waals surface area contributed by atoms with E-state index >= 15 is 0 Å². The summed E-state index contributed by atoms with van der Waals surface area (Å²) in [4.78, 5) is 15.9. The number of hydrogen-bond acceptors (Lipinski definition) is 5. The van der Waals surface area contributed by atoms with Crippen molar-refractivity contribution >= 4 is 17.6 Å². The minimum Gasteiger partial charge on any atom is -0.456 e. The number of carbonyl (C=O) groups excluding carboxylic acids is 1. The van der Waals surface area contributed by atoms with E-state index in [1.807, 2.05) is 0 Å². The fourth-order valence-electron chi connectivity index (χ4n) is 2.14. The van der Waals surface area contributed by atoms with Gasteiger partial charge in [0, 0.05) is 17.0 Å². The largest absolute Gasteiger partial charge is 0.456 e. The topological polar surface area (TPSA) is 65.2 Å². The highest BCUT2D eigenvalue weighted by Gasteiger charge is 2.11. The van der Waals surface area contributed by atoms with E-state index in [1.54, 1.807) is 36.4 Å². The molecule has 0 radical (unpaired) electrons. The molecule has 0 aliphatic heterocycles. The maximum atomic E-state index is 12.8. The molecule has 0 saturated heterocycles. The minimum atomic E-state index is -0.393. The fourth-order valence-corrected chi connectivity index (χ4v) is 2.27. The van der Waals surface area contributed by atoms with E-state index < -0.39 is 5.97 Å². The van der Waals surface area contributed by atoms with Crippen molar-refractivity contribution in [3.63, 3.8) is 0 Å². The van der Waals surface area contributed by atoms with E-state index in [0.29, 0.717) is 17.3 Å². The standard InChI is InChI=1S/C18H14ClFN2O3/c19-14-6-4-13(5-7-14)18-21-16(25-22-18)11-24-17(23)10-3-12-1-8-15(20)9-2-12/h1-2,4-9H,3,10-11H2.